The summed E-state index contributed by atoms with van der Waals surface area (Å²) < 4.78 is 11.3. The maximum absolute atomic E-state index is 10.2. The Kier molecular flexibility index (Phi) is 6.66. The molecule has 0 bridgehead atoms. The highest BCUT2D eigenvalue weighted by molar-refractivity contribution is 7.09. The summed E-state index contributed by atoms with van der Waals surface area (Å²) in [5.41, 5.74) is 1.99. The lowest BCUT2D eigenvalue weighted by molar-refractivity contribution is 0.174. The molecule has 0 radical (unpaired) electrons. The van der Waals surface area contributed by atoms with Gasteiger partial charge in [0.25, 0.3) is 0 Å². The first-order valence-corrected chi connectivity index (χ1v) is 9.40. The predicted octanol–water partition coefficient (Wildman–Crippen LogP) is 4.16. The molecule has 2 N–H and O–H groups in total. The molecule has 0 saturated carbocycles. The molecule has 0 amide bonds. The summed E-state index contributed by atoms with van der Waals surface area (Å²) in [5.74, 6) is 1.44. The second-order valence-electron chi connectivity index (χ2n) is 5.91. The Bertz CT molecular complexity index is 790. The molecule has 0 spiro atoms. The SMILES string of the molecule is COc1cc(CNC[C@H](O)c2ccccc2)ccc1OCc1cccs1. The van der Waals surface area contributed by atoms with Gasteiger partial charge >= 0.3 is 0 Å². The lowest BCUT2D eigenvalue weighted by Crippen LogP contribution is -2.21. The van der Waals surface area contributed by atoms with Crippen molar-refractivity contribution in [1.82, 2.24) is 5.32 Å². The molecule has 0 saturated heterocycles. The minimum absolute atomic E-state index is 0.489. The Morgan fingerprint density at radius 2 is 1.88 bits per heavy atom. The van der Waals surface area contributed by atoms with Crippen molar-refractivity contribution in [1.29, 1.82) is 0 Å². The third kappa shape index (κ3) is 5.08. The number of benzene rings is 2. The van der Waals surface area contributed by atoms with E-state index in [0.29, 0.717) is 25.4 Å². The summed E-state index contributed by atoms with van der Waals surface area (Å²) >= 11 is 1.67. The average molecular weight is 369 g/mol. The number of thiophene rings is 1. The highest BCUT2D eigenvalue weighted by Crippen LogP contribution is 2.29. The normalized spacial score (nSPS) is 11.9. The van der Waals surface area contributed by atoms with E-state index in [9.17, 15) is 5.11 Å². The second kappa shape index (κ2) is 9.38. The Balaban J connectivity index is 1.53. The van der Waals surface area contributed by atoms with Gasteiger partial charge in [0, 0.05) is 18.0 Å². The van der Waals surface area contributed by atoms with E-state index in [2.05, 4.69) is 5.32 Å². The molecular formula is C21H23NO3S. The van der Waals surface area contributed by atoms with Crippen molar-refractivity contribution in [3.05, 3.63) is 82.0 Å². The molecule has 0 aliphatic carbocycles. The molecule has 4 nitrogen and oxygen atoms in total. The van der Waals surface area contributed by atoms with Crippen LogP contribution in [0.15, 0.2) is 66.0 Å². The lowest BCUT2D eigenvalue weighted by Gasteiger charge is -2.14. The van der Waals surface area contributed by atoms with Crippen LogP contribution >= 0.6 is 11.3 Å². The number of hydrogen-bond acceptors (Lipinski definition) is 5. The summed E-state index contributed by atoms with van der Waals surface area (Å²) in [6.45, 7) is 1.67. The molecule has 0 fully saturated rings. The molecule has 2 aromatic carbocycles. The highest BCUT2D eigenvalue weighted by Gasteiger charge is 2.09. The van der Waals surface area contributed by atoms with Crippen LogP contribution in [-0.4, -0.2) is 18.8 Å². The fraction of sp³-hybridized carbons (Fsp3) is 0.238. The van der Waals surface area contributed by atoms with Crippen molar-refractivity contribution >= 4 is 11.3 Å². The molecule has 5 heteroatoms. The van der Waals surface area contributed by atoms with Gasteiger partial charge in [0.05, 0.1) is 13.2 Å². The number of aliphatic hydroxyl groups excluding tert-OH is 1. The van der Waals surface area contributed by atoms with E-state index in [1.54, 1.807) is 18.4 Å². The van der Waals surface area contributed by atoms with Crippen molar-refractivity contribution < 1.29 is 14.6 Å². The predicted molar refractivity (Wildman–Crippen MR) is 105 cm³/mol. The van der Waals surface area contributed by atoms with Gasteiger partial charge in [-0.2, -0.15) is 0 Å². The second-order valence-corrected chi connectivity index (χ2v) is 6.94. The van der Waals surface area contributed by atoms with E-state index in [1.165, 1.54) is 4.88 Å². The van der Waals surface area contributed by atoms with Crippen LogP contribution in [0.4, 0.5) is 0 Å². The number of ether oxygens (including phenoxy) is 2. The minimum atomic E-state index is -0.522. The monoisotopic (exact) mass is 369 g/mol. The first kappa shape index (κ1) is 18.5. The molecule has 1 heterocycles. The standard InChI is InChI=1S/C21H23NO3S/c1-24-21-12-16(9-10-20(21)25-15-18-8-5-11-26-18)13-22-14-19(23)17-6-3-2-4-7-17/h2-12,19,22-23H,13-15H2,1H3/t19-/m0/s1. The van der Waals surface area contributed by atoms with Crippen molar-refractivity contribution in [2.75, 3.05) is 13.7 Å². The number of nitrogens with one attached hydrogen (secondary N) is 1. The van der Waals surface area contributed by atoms with Crippen LogP contribution in [0.2, 0.25) is 0 Å². The number of aliphatic hydroxyl groups is 1. The Morgan fingerprint density at radius 1 is 1.04 bits per heavy atom. The number of hydrogen-bond donors (Lipinski definition) is 2. The van der Waals surface area contributed by atoms with Crippen molar-refractivity contribution in [3.8, 4) is 11.5 Å². The van der Waals surface area contributed by atoms with Crippen LogP contribution in [0, 0.1) is 0 Å². The minimum Gasteiger partial charge on any atom is -0.493 e. The van der Waals surface area contributed by atoms with Gasteiger partial charge < -0.3 is 19.9 Å². The third-order valence-electron chi connectivity index (χ3n) is 4.03. The van der Waals surface area contributed by atoms with E-state index < -0.39 is 6.10 Å². The zero-order valence-corrected chi connectivity index (χ0v) is 15.5. The zero-order valence-electron chi connectivity index (χ0n) is 14.7. The molecule has 0 aliphatic heterocycles. The molecule has 136 valence electrons. The summed E-state index contributed by atoms with van der Waals surface area (Å²) in [6, 6.07) is 19.6. The number of rotatable bonds is 9. The number of methoxy groups -OCH3 is 1. The topological polar surface area (TPSA) is 50.7 Å². The van der Waals surface area contributed by atoms with E-state index in [4.69, 9.17) is 9.47 Å². The molecule has 0 aliphatic rings. The molecule has 3 aromatic rings. The van der Waals surface area contributed by atoms with Crippen LogP contribution in [-0.2, 0) is 13.2 Å². The highest BCUT2D eigenvalue weighted by atomic mass is 32.1. The lowest BCUT2D eigenvalue weighted by atomic mass is 10.1. The van der Waals surface area contributed by atoms with E-state index in [1.807, 2.05) is 66.0 Å². The van der Waals surface area contributed by atoms with Crippen LogP contribution in [0.1, 0.15) is 22.1 Å². The van der Waals surface area contributed by atoms with E-state index in [0.717, 1.165) is 16.9 Å². The van der Waals surface area contributed by atoms with Crippen LogP contribution < -0.4 is 14.8 Å². The van der Waals surface area contributed by atoms with Crippen LogP contribution in [0.3, 0.4) is 0 Å². The molecular weight excluding hydrogens is 346 g/mol. The quantitative estimate of drug-likeness (QED) is 0.595. The van der Waals surface area contributed by atoms with Gasteiger partial charge in [-0.25, -0.2) is 0 Å². The average Bonchev–Trinajstić information content (AvgIpc) is 3.21. The summed E-state index contributed by atoms with van der Waals surface area (Å²) in [4.78, 5) is 1.17. The van der Waals surface area contributed by atoms with Gasteiger partial charge in [0.2, 0.25) is 0 Å². The van der Waals surface area contributed by atoms with Gasteiger partial charge in [-0.3, -0.25) is 0 Å². The van der Waals surface area contributed by atoms with Gasteiger partial charge in [-0.1, -0.05) is 42.5 Å². The molecule has 1 atom stereocenters. The van der Waals surface area contributed by atoms with Gasteiger partial charge in [0.1, 0.15) is 6.61 Å². The first-order valence-electron chi connectivity index (χ1n) is 8.52. The Labute approximate surface area is 158 Å². The fourth-order valence-electron chi connectivity index (χ4n) is 2.63. The summed E-state index contributed by atoms with van der Waals surface area (Å²) in [5, 5.41) is 15.5. The fourth-order valence-corrected chi connectivity index (χ4v) is 3.25. The summed E-state index contributed by atoms with van der Waals surface area (Å²) in [7, 11) is 1.64. The van der Waals surface area contributed by atoms with Crippen molar-refractivity contribution in [3.63, 3.8) is 0 Å². The van der Waals surface area contributed by atoms with Crippen molar-refractivity contribution in [2.45, 2.75) is 19.3 Å². The maximum atomic E-state index is 10.2. The molecule has 26 heavy (non-hydrogen) atoms. The Hall–Kier alpha value is -2.34. The molecule has 1 aromatic heterocycles. The zero-order chi connectivity index (χ0) is 18.2. The first-order chi connectivity index (χ1) is 12.8. The van der Waals surface area contributed by atoms with Gasteiger partial charge in [-0.15, -0.1) is 11.3 Å². The third-order valence-corrected chi connectivity index (χ3v) is 4.88. The van der Waals surface area contributed by atoms with Gasteiger partial charge in [0.15, 0.2) is 11.5 Å². The van der Waals surface area contributed by atoms with Gasteiger partial charge in [-0.05, 0) is 34.7 Å². The molecule has 0 unspecified atom stereocenters. The van der Waals surface area contributed by atoms with Crippen LogP contribution in [0.5, 0.6) is 11.5 Å². The van der Waals surface area contributed by atoms with Crippen LogP contribution in [0.25, 0.3) is 0 Å². The molecule has 3 rings (SSSR count). The van der Waals surface area contributed by atoms with Crippen molar-refractivity contribution in [2.24, 2.45) is 0 Å². The Morgan fingerprint density at radius 3 is 2.62 bits per heavy atom. The van der Waals surface area contributed by atoms with E-state index >= 15 is 0 Å². The summed E-state index contributed by atoms with van der Waals surface area (Å²) in [6.07, 6.45) is -0.522. The largest absolute Gasteiger partial charge is 0.493 e. The van der Waals surface area contributed by atoms with E-state index in [-0.39, 0.29) is 0 Å². The smallest absolute Gasteiger partial charge is 0.161 e. The maximum Gasteiger partial charge on any atom is 0.161 e.